The molecule has 1 aromatic heterocycles. The number of aromatic nitrogens is 2. The molecule has 0 saturated carbocycles. The van der Waals surface area contributed by atoms with E-state index in [1.807, 2.05) is 30.3 Å². The smallest absolute Gasteiger partial charge is 0.141 e. The van der Waals surface area contributed by atoms with Crippen LogP contribution in [0.4, 0.5) is 5.69 Å². The summed E-state index contributed by atoms with van der Waals surface area (Å²) in [5.41, 5.74) is 11.0. The van der Waals surface area contributed by atoms with E-state index in [0.29, 0.717) is 12.2 Å². The molecule has 0 amide bonds. The quantitative estimate of drug-likeness (QED) is 0.577. The van der Waals surface area contributed by atoms with Gasteiger partial charge in [-0.25, -0.2) is 4.98 Å². The standard InChI is InChI=1S/C17H17N3/c1-3-10-20-15-9-5-8-14(18)16(15)19-17(20)13-7-4-6-12(2)11-13/h3-9,11H,1,10,18H2,2H3. The van der Waals surface area contributed by atoms with Crippen LogP contribution >= 0.6 is 0 Å². The van der Waals surface area contributed by atoms with Gasteiger partial charge in [-0.1, -0.05) is 35.9 Å². The van der Waals surface area contributed by atoms with Gasteiger partial charge in [-0.05, 0) is 25.1 Å². The largest absolute Gasteiger partial charge is 0.397 e. The first-order chi connectivity index (χ1) is 9.70. The molecule has 0 radical (unpaired) electrons. The van der Waals surface area contributed by atoms with Crippen molar-refractivity contribution in [2.75, 3.05) is 5.73 Å². The molecule has 100 valence electrons. The van der Waals surface area contributed by atoms with Crippen molar-refractivity contribution in [2.24, 2.45) is 0 Å². The number of nitrogens with zero attached hydrogens (tertiary/aromatic N) is 2. The van der Waals surface area contributed by atoms with Crippen molar-refractivity contribution < 1.29 is 0 Å². The number of anilines is 1. The van der Waals surface area contributed by atoms with Crippen molar-refractivity contribution in [3.05, 3.63) is 60.7 Å². The molecule has 2 N–H and O–H groups in total. The Morgan fingerprint density at radius 1 is 1.25 bits per heavy atom. The molecule has 2 aromatic carbocycles. The maximum atomic E-state index is 6.04. The van der Waals surface area contributed by atoms with Gasteiger partial charge in [-0.3, -0.25) is 0 Å². The van der Waals surface area contributed by atoms with E-state index in [4.69, 9.17) is 10.7 Å². The Morgan fingerprint density at radius 2 is 2.05 bits per heavy atom. The van der Waals surface area contributed by atoms with Gasteiger partial charge < -0.3 is 10.3 Å². The molecule has 3 nitrogen and oxygen atoms in total. The third-order valence-corrected chi connectivity index (χ3v) is 3.40. The first-order valence-corrected chi connectivity index (χ1v) is 6.63. The molecule has 3 heteroatoms. The number of hydrogen-bond acceptors (Lipinski definition) is 2. The zero-order valence-corrected chi connectivity index (χ0v) is 11.5. The van der Waals surface area contributed by atoms with Crippen molar-refractivity contribution in [1.82, 2.24) is 9.55 Å². The molecule has 1 heterocycles. The van der Waals surface area contributed by atoms with Crippen LogP contribution in [-0.4, -0.2) is 9.55 Å². The lowest BCUT2D eigenvalue weighted by molar-refractivity contribution is 0.862. The molecule has 0 atom stereocenters. The average molecular weight is 263 g/mol. The summed E-state index contributed by atoms with van der Waals surface area (Å²) in [6.45, 7) is 6.63. The molecule has 0 aliphatic heterocycles. The zero-order valence-electron chi connectivity index (χ0n) is 11.5. The van der Waals surface area contributed by atoms with Crippen molar-refractivity contribution >= 4 is 16.7 Å². The number of allylic oxidation sites excluding steroid dienone is 1. The highest BCUT2D eigenvalue weighted by atomic mass is 15.1. The van der Waals surface area contributed by atoms with Gasteiger partial charge in [0.25, 0.3) is 0 Å². The molecule has 0 bridgehead atoms. The van der Waals surface area contributed by atoms with Crippen molar-refractivity contribution in [1.29, 1.82) is 0 Å². The van der Waals surface area contributed by atoms with Gasteiger partial charge in [-0.15, -0.1) is 6.58 Å². The maximum absolute atomic E-state index is 6.04. The number of aryl methyl sites for hydroxylation is 1. The zero-order chi connectivity index (χ0) is 14.1. The number of benzene rings is 2. The number of hydrogen-bond donors (Lipinski definition) is 1. The highest BCUT2D eigenvalue weighted by Crippen LogP contribution is 2.28. The summed E-state index contributed by atoms with van der Waals surface area (Å²) >= 11 is 0. The Hall–Kier alpha value is -2.55. The fraction of sp³-hybridized carbons (Fsp3) is 0.118. The third-order valence-electron chi connectivity index (χ3n) is 3.40. The van der Waals surface area contributed by atoms with Crippen LogP contribution in [0, 0.1) is 6.92 Å². The van der Waals surface area contributed by atoms with Crippen LogP contribution in [0.3, 0.4) is 0 Å². The van der Waals surface area contributed by atoms with E-state index in [1.54, 1.807) is 0 Å². The molecular weight excluding hydrogens is 246 g/mol. The first-order valence-electron chi connectivity index (χ1n) is 6.63. The molecule has 3 aromatic rings. The molecule has 0 fully saturated rings. The van der Waals surface area contributed by atoms with Gasteiger partial charge in [0, 0.05) is 12.1 Å². The summed E-state index contributed by atoms with van der Waals surface area (Å²) in [6.07, 6.45) is 1.88. The van der Waals surface area contributed by atoms with Crippen LogP contribution in [0.5, 0.6) is 0 Å². The molecule has 0 aliphatic carbocycles. The summed E-state index contributed by atoms with van der Waals surface area (Å²) in [5, 5.41) is 0. The minimum atomic E-state index is 0.708. The number of nitrogen functional groups attached to an aromatic ring is 1. The number of imidazole rings is 1. The number of para-hydroxylation sites is 1. The molecule has 0 saturated heterocycles. The van der Waals surface area contributed by atoms with E-state index in [1.165, 1.54) is 5.56 Å². The van der Waals surface area contributed by atoms with Crippen LogP contribution in [0.25, 0.3) is 22.4 Å². The second-order valence-electron chi connectivity index (χ2n) is 4.92. The van der Waals surface area contributed by atoms with Gasteiger partial charge in [-0.2, -0.15) is 0 Å². The lowest BCUT2D eigenvalue weighted by Gasteiger charge is -2.07. The summed E-state index contributed by atoms with van der Waals surface area (Å²) in [4.78, 5) is 4.73. The lowest BCUT2D eigenvalue weighted by atomic mass is 10.1. The molecule has 0 aliphatic rings. The number of nitrogens with two attached hydrogens (primary N) is 1. The van der Waals surface area contributed by atoms with Gasteiger partial charge in [0.1, 0.15) is 11.3 Å². The summed E-state index contributed by atoms with van der Waals surface area (Å²) in [7, 11) is 0. The van der Waals surface area contributed by atoms with Crippen LogP contribution in [0.1, 0.15) is 5.56 Å². The monoisotopic (exact) mass is 263 g/mol. The number of fused-ring (bicyclic) bond motifs is 1. The minimum Gasteiger partial charge on any atom is -0.397 e. The van der Waals surface area contributed by atoms with E-state index in [9.17, 15) is 0 Å². The minimum absolute atomic E-state index is 0.708. The van der Waals surface area contributed by atoms with Gasteiger partial charge in [0.05, 0.1) is 11.2 Å². The Kier molecular flexibility index (Phi) is 3.03. The van der Waals surface area contributed by atoms with Gasteiger partial charge in [0.15, 0.2) is 0 Å². The van der Waals surface area contributed by atoms with E-state index < -0.39 is 0 Å². The SMILES string of the molecule is C=CCn1c(-c2cccc(C)c2)nc2c(N)cccc21. The topological polar surface area (TPSA) is 43.8 Å². The summed E-state index contributed by atoms with van der Waals surface area (Å²) < 4.78 is 2.15. The predicted molar refractivity (Wildman–Crippen MR) is 84.5 cm³/mol. The van der Waals surface area contributed by atoms with Gasteiger partial charge >= 0.3 is 0 Å². The molecule has 3 rings (SSSR count). The fourth-order valence-corrected chi connectivity index (χ4v) is 2.49. The normalized spacial score (nSPS) is 10.8. The highest BCUT2D eigenvalue weighted by Gasteiger charge is 2.13. The van der Waals surface area contributed by atoms with Crippen LogP contribution < -0.4 is 5.73 Å². The Labute approximate surface area is 118 Å². The summed E-state index contributed by atoms with van der Waals surface area (Å²) in [6, 6.07) is 14.2. The third kappa shape index (κ3) is 1.97. The first kappa shape index (κ1) is 12.5. The molecule has 0 spiro atoms. The highest BCUT2D eigenvalue weighted by molar-refractivity contribution is 5.90. The van der Waals surface area contributed by atoms with Gasteiger partial charge in [0.2, 0.25) is 0 Å². The van der Waals surface area contributed by atoms with Crippen LogP contribution in [-0.2, 0) is 6.54 Å². The van der Waals surface area contributed by atoms with Crippen molar-refractivity contribution in [3.63, 3.8) is 0 Å². The van der Waals surface area contributed by atoms with E-state index in [0.717, 1.165) is 22.4 Å². The number of rotatable bonds is 3. The second-order valence-corrected chi connectivity index (χ2v) is 4.92. The maximum Gasteiger partial charge on any atom is 0.141 e. The Morgan fingerprint density at radius 3 is 2.80 bits per heavy atom. The van der Waals surface area contributed by atoms with Crippen LogP contribution in [0.15, 0.2) is 55.1 Å². The second kappa shape index (κ2) is 4.85. The molecular formula is C17H17N3. The van der Waals surface area contributed by atoms with Crippen molar-refractivity contribution in [3.8, 4) is 11.4 Å². The van der Waals surface area contributed by atoms with E-state index in [2.05, 4.69) is 36.3 Å². The van der Waals surface area contributed by atoms with Crippen molar-refractivity contribution in [2.45, 2.75) is 13.5 Å². The molecule has 0 unspecified atom stereocenters. The Balaban J connectivity index is 2.31. The van der Waals surface area contributed by atoms with E-state index in [-0.39, 0.29) is 0 Å². The fourth-order valence-electron chi connectivity index (χ4n) is 2.49. The lowest BCUT2D eigenvalue weighted by Crippen LogP contribution is -1.98. The molecule has 20 heavy (non-hydrogen) atoms. The van der Waals surface area contributed by atoms with Crippen LogP contribution in [0.2, 0.25) is 0 Å². The summed E-state index contributed by atoms with van der Waals surface area (Å²) in [5.74, 6) is 0.932. The average Bonchev–Trinajstić information content (AvgIpc) is 2.80. The Bertz CT molecular complexity index is 784. The predicted octanol–water partition coefficient (Wildman–Crippen LogP) is 3.78. The van der Waals surface area contributed by atoms with E-state index >= 15 is 0 Å².